The van der Waals surface area contributed by atoms with Crippen molar-refractivity contribution in [1.82, 2.24) is 0 Å². The number of alkyl halides is 1. The van der Waals surface area contributed by atoms with E-state index in [1.165, 1.54) is 19.3 Å². The van der Waals surface area contributed by atoms with Crippen LogP contribution in [0.2, 0.25) is 0 Å². The summed E-state index contributed by atoms with van der Waals surface area (Å²) in [5.74, 6) is 0. The largest absolute Gasteiger partial charge is 0.375 e. The van der Waals surface area contributed by atoms with E-state index in [4.69, 9.17) is 9.47 Å². The summed E-state index contributed by atoms with van der Waals surface area (Å²) in [6.07, 6.45) is 4.11. The molecule has 2 atom stereocenters. The molecule has 0 aromatic carbocycles. The molecule has 0 radical (unpaired) electrons. The van der Waals surface area contributed by atoms with Gasteiger partial charge in [0.05, 0.1) is 24.9 Å². The maximum atomic E-state index is 5.74. The molecule has 0 aliphatic heterocycles. The van der Waals surface area contributed by atoms with Crippen molar-refractivity contribution in [3.8, 4) is 0 Å². The second-order valence-electron chi connectivity index (χ2n) is 4.82. The van der Waals surface area contributed by atoms with Crippen LogP contribution >= 0.6 is 15.9 Å². The summed E-state index contributed by atoms with van der Waals surface area (Å²) in [6.45, 7) is 7.60. The van der Waals surface area contributed by atoms with Gasteiger partial charge in [-0.3, -0.25) is 0 Å². The van der Waals surface area contributed by atoms with Crippen molar-refractivity contribution in [3.63, 3.8) is 0 Å². The van der Waals surface area contributed by atoms with Crippen molar-refractivity contribution in [1.29, 1.82) is 0 Å². The van der Waals surface area contributed by atoms with Gasteiger partial charge in [0.1, 0.15) is 0 Å². The van der Waals surface area contributed by atoms with E-state index in [-0.39, 0.29) is 5.60 Å². The predicted molar refractivity (Wildman–Crippen MR) is 62.0 cm³/mol. The van der Waals surface area contributed by atoms with Crippen LogP contribution in [0.15, 0.2) is 0 Å². The molecule has 0 amide bonds. The van der Waals surface area contributed by atoms with Gasteiger partial charge in [0.25, 0.3) is 0 Å². The Morgan fingerprint density at radius 1 is 1.21 bits per heavy atom. The molecular weight excluding hydrogens is 244 g/mol. The van der Waals surface area contributed by atoms with Crippen LogP contribution in [0.25, 0.3) is 0 Å². The molecule has 0 saturated heterocycles. The summed E-state index contributed by atoms with van der Waals surface area (Å²) in [4.78, 5) is 0.553. The van der Waals surface area contributed by atoms with Crippen LogP contribution in [-0.2, 0) is 9.47 Å². The van der Waals surface area contributed by atoms with Gasteiger partial charge in [0.2, 0.25) is 0 Å². The molecule has 0 aromatic rings. The SMILES string of the molecule is CC(C)(C)OCCOC1CCCC1Br. The Balaban J connectivity index is 2.04. The standard InChI is InChI=1S/C11H21BrO2/c1-11(2,3)14-8-7-13-10-6-4-5-9(10)12/h9-10H,4-8H2,1-3H3. The zero-order chi connectivity index (χ0) is 10.6. The van der Waals surface area contributed by atoms with Gasteiger partial charge in [-0.25, -0.2) is 0 Å². The van der Waals surface area contributed by atoms with Crippen molar-refractivity contribution in [3.05, 3.63) is 0 Å². The normalized spacial score (nSPS) is 28.3. The fourth-order valence-electron chi connectivity index (χ4n) is 1.62. The van der Waals surface area contributed by atoms with Crippen LogP contribution in [0.5, 0.6) is 0 Å². The molecule has 0 heterocycles. The molecule has 3 heteroatoms. The minimum Gasteiger partial charge on any atom is -0.375 e. The Morgan fingerprint density at radius 3 is 2.43 bits per heavy atom. The first kappa shape index (κ1) is 12.5. The molecule has 1 rings (SSSR count). The fraction of sp³-hybridized carbons (Fsp3) is 1.00. The summed E-state index contributed by atoms with van der Waals surface area (Å²) in [5, 5.41) is 0. The van der Waals surface area contributed by atoms with E-state index >= 15 is 0 Å². The van der Waals surface area contributed by atoms with Crippen LogP contribution in [0, 0.1) is 0 Å². The second-order valence-corrected chi connectivity index (χ2v) is 5.99. The Labute approximate surface area is 95.5 Å². The minimum absolute atomic E-state index is 0.0488. The van der Waals surface area contributed by atoms with E-state index in [1.54, 1.807) is 0 Å². The third-order valence-corrected chi connectivity index (χ3v) is 3.37. The first-order valence-corrected chi connectivity index (χ1v) is 6.30. The molecule has 1 fully saturated rings. The lowest BCUT2D eigenvalue weighted by molar-refractivity contribution is -0.0490. The topological polar surface area (TPSA) is 18.5 Å². The van der Waals surface area contributed by atoms with E-state index < -0.39 is 0 Å². The molecule has 1 saturated carbocycles. The summed E-state index contributed by atoms with van der Waals surface area (Å²) in [5.41, 5.74) is -0.0488. The number of hydrogen-bond acceptors (Lipinski definition) is 2. The third kappa shape index (κ3) is 4.76. The molecule has 1 aliphatic carbocycles. The Hall–Kier alpha value is 0.400. The van der Waals surface area contributed by atoms with Crippen molar-refractivity contribution in [2.24, 2.45) is 0 Å². The third-order valence-electron chi connectivity index (χ3n) is 2.32. The molecule has 0 aromatic heterocycles. The van der Waals surface area contributed by atoms with Gasteiger partial charge < -0.3 is 9.47 Å². The van der Waals surface area contributed by atoms with Crippen molar-refractivity contribution < 1.29 is 9.47 Å². The monoisotopic (exact) mass is 264 g/mol. The predicted octanol–water partition coefficient (Wildman–Crippen LogP) is 3.13. The molecular formula is C11H21BrO2. The van der Waals surface area contributed by atoms with Crippen LogP contribution in [0.3, 0.4) is 0 Å². The molecule has 0 spiro atoms. The molecule has 0 bridgehead atoms. The number of rotatable bonds is 4. The zero-order valence-electron chi connectivity index (χ0n) is 9.38. The summed E-state index contributed by atoms with van der Waals surface area (Å²) < 4.78 is 11.3. The van der Waals surface area contributed by atoms with Gasteiger partial charge >= 0.3 is 0 Å². The van der Waals surface area contributed by atoms with E-state index in [9.17, 15) is 0 Å². The minimum atomic E-state index is -0.0488. The highest BCUT2D eigenvalue weighted by Crippen LogP contribution is 2.27. The average molecular weight is 265 g/mol. The maximum Gasteiger partial charge on any atom is 0.0707 e. The first-order chi connectivity index (χ1) is 6.49. The van der Waals surface area contributed by atoms with Gasteiger partial charge in [-0.1, -0.05) is 15.9 Å². The molecule has 0 N–H and O–H groups in total. The van der Waals surface area contributed by atoms with Gasteiger partial charge in [0.15, 0.2) is 0 Å². The fourth-order valence-corrected chi connectivity index (χ4v) is 2.36. The van der Waals surface area contributed by atoms with Crippen molar-refractivity contribution in [2.75, 3.05) is 13.2 Å². The van der Waals surface area contributed by atoms with Crippen LogP contribution in [0.1, 0.15) is 40.0 Å². The molecule has 1 aliphatic rings. The lowest BCUT2D eigenvalue weighted by Gasteiger charge is -2.21. The lowest BCUT2D eigenvalue weighted by atomic mass is 10.2. The molecule has 2 nitrogen and oxygen atoms in total. The van der Waals surface area contributed by atoms with Crippen LogP contribution in [-0.4, -0.2) is 29.7 Å². The maximum absolute atomic E-state index is 5.74. The Kier molecular flexibility index (Phi) is 4.88. The molecule has 84 valence electrons. The summed E-state index contributed by atoms with van der Waals surface area (Å²) in [6, 6.07) is 0. The molecule has 2 unspecified atom stereocenters. The first-order valence-electron chi connectivity index (χ1n) is 5.39. The number of halogens is 1. The summed E-state index contributed by atoms with van der Waals surface area (Å²) in [7, 11) is 0. The van der Waals surface area contributed by atoms with E-state index in [0.717, 1.165) is 0 Å². The molecule has 14 heavy (non-hydrogen) atoms. The summed E-state index contributed by atoms with van der Waals surface area (Å²) >= 11 is 3.63. The highest BCUT2D eigenvalue weighted by atomic mass is 79.9. The van der Waals surface area contributed by atoms with Crippen LogP contribution < -0.4 is 0 Å². The van der Waals surface area contributed by atoms with Gasteiger partial charge in [-0.2, -0.15) is 0 Å². The van der Waals surface area contributed by atoms with Gasteiger partial charge in [0, 0.05) is 4.83 Å². The number of ether oxygens (including phenoxy) is 2. The average Bonchev–Trinajstić information content (AvgIpc) is 2.44. The zero-order valence-corrected chi connectivity index (χ0v) is 11.0. The highest BCUT2D eigenvalue weighted by Gasteiger charge is 2.25. The van der Waals surface area contributed by atoms with Crippen LogP contribution in [0.4, 0.5) is 0 Å². The van der Waals surface area contributed by atoms with E-state index in [2.05, 4.69) is 36.7 Å². The quantitative estimate of drug-likeness (QED) is 0.574. The van der Waals surface area contributed by atoms with E-state index in [1.807, 2.05) is 0 Å². The smallest absolute Gasteiger partial charge is 0.0707 e. The van der Waals surface area contributed by atoms with Crippen molar-refractivity contribution in [2.45, 2.75) is 56.6 Å². The van der Waals surface area contributed by atoms with Crippen molar-refractivity contribution >= 4 is 15.9 Å². The Morgan fingerprint density at radius 2 is 1.93 bits per heavy atom. The lowest BCUT2D eigenvalue weighted by Crippen LogP contribution is -2.25. The van der Waals surface area contributed by atoms with E-state index in [0.29, 0.717) is 24.1 Å². The Bertz CT molecular complexity index is 165. The number of hydrogen-bond donors (Lipinski definition) is 0. The second kappa shape index (κ2) is 5.47. The highest BCUT2D eigenvalue weighted by molar-refractivity contribution is 9.09. The van der Waals surface area contributed by atoms with Gasteiger partial charge in [-0.05, 0) is 40.0 Å². The van der Waals surface area contributed by atoms with Gasteiger partial charge in [-0.15, -0.1) is 0 Å².